The van der Waals surface area contributed by atoms with E-state index in [-0.39, 0.29) is 29.6 Å². The van der Waals surface area contributed by atoms with E-state index in [1.807, 2.05) is 0 Å². The molecule has 2 aliphatic rings. The predicted molar refractivity (Wildman–Crippen MR) is 113 cm³/mol. The minimum Gasteiger partial charge on any atom is -0.374 e. The van der Waals surface area contributed by atoms with Crippen LogP contribution in [-0.2, 0) is 14.4 Å². The van der Waals surface area contributed by atoms with E-state index in [1.165, 1.54) is 31.3 Å². The summed E-state index contributed by atoms with van der Waals surface area (Å²) in [7, 11) is 0. The first kappa shape index (κ1) is 21.7. The molecule has 9 nitrogen and oxygen atoms in total. The molecule has 0 spiro atoms. The maximum absolute atomic E-state index is 12.8. The first-order chi connectivity index (χ1) is 14.4. The van der Waals surface area contributed by atoms with Crippen LogP contribution in [0.3, 0.4) is 0 Å². The van der Waals surface area contributed by atoms with Crippen molar-refractivity contribution in [2.75, 3.05) is 25.0 Å². The highest BCUT2D eigenvalue weighted by Crippen LogP contribution is 2.30. The monoisotopic (exact) mass is 414 g/mol. The van der Waals surface area contributed by atoms with Gasteiger partial charge in [0.05, 0.1) is 18.4 Å². The van der Waals surface area contributed by atoms with Gasteiger partial charge >= 0.3 is 0 Å². The molecule has 1 aliphatic carbocycles. The Morgan fingerprint density at radius 2 is 2.07 bits per heavy atom. The van der Waals surface area contributed by atoms with E-state index in [9.17, 15) is 14.4 Å². The maximum Gasteiger partial charge on any atom is 0.267 e. The van der Waals surface area contributed by atoms with Crippen LogP contribution in [0.4, 0.5) is 5.69 Å². The number of rotatable bonds is 8. The fraction of sp³-hybridized carbons (Fsp3) is 0.571. The third-order valence-electron chi connectivity index (χ3n) is 6.22. The lowest BCUT2D eigenvalue weighted by molar-refractivity contribution is -0.137. The van der Waals surface area contributed by atoms with Crippen molar-refractivity contribution in [1.29, 1.82) is 5.41 Å². The smallest absolute Gasteiger partial charge is 0.267 e. The Hall–Kier alpha value is -2.97. The molecule has 30 heavy (non-hydrogen) atoms. The quantitative estimate of drug-likeness (QED) is 0.468. The summed E-state index contributed by atoms with van der Waals surface area (Å²) in [5, 5.41) is 13.8. The number of primary amides is 1. The van der Waals surface area contributed by atoms with Crippen LogP contribution in [0.1, 0.15) is 44.6 Å². The van der Waals surface area contributed by atoms with E-state index in [0.29, 0.717) is 37.0 Å². The van der Waals surface area contributed by atoms with Crippen LogP contribution in [0, 0.1) is 17.2 Å². The molecular weight excluding hydrogens is 384 g/mol. The number of carbonyl (C=O) groups excluding carboxylic acids is 3. The summed E-state index contributed by atoms with van der Waals surface area (Å²) in [5.74, 6) is -0.00220. The molecule has 5 N–H and O–H groups in total. The SMILES string of the molecule is CC1CCCC1CNC(=O)C1CCCN1C(=O)CNc1cnccc1C(=N)C(N)=O. The van der Waals surface area contributed by atoms with Crippen LogP contribution in [0.15, 0.2) is 18.5 Å². The molecule has 0 aromatic carbocycles. The summed E-state index contributed by atoms with van der Waals surface area (Å²) in [4.78, 5) is 42.4. The van der Waals surface area contributed by atoms with Crippen molar-refractivity contribution < 1.29 is 14.4 Å². The number of nitrogens with zero attached hydrogens (tertiary/aromatic N) is 2. The molecule has 0 bridgehead atoms. The van der Waals surface area contributed by atoms with Crippen molar-refractivity contribution in [3.05, 3.63) is 24.0 Å². The molecule has 2 heterocycles. The molecule has 3 unspecified atom stereocenters. The van der Waals surface area contributed by atoms with Crippen LogP contribution in [0.5, 0.6) is 0 Å². The normalized spacial score (nSPS) is 23.2. The lowest BCUT2D eigenvalue weighted by atomic mass is 9.98. The second kappa shape index (κ2) is 9.69. The lowest BCUT2D eigenvalue weighted by Crippen LogP contribution is -2.48. The zero-order chi connectivity index (χ0) is 21.7. The number of likely N-dealkylation sites (tertiary alicyclic amines) is 1. The van der Waals surface area contributed by atoms with Crippen molar-refractivity contribution in [1.82, 2.24) is 15.2 Å². The predicted octanol–water partition coefficient (Wildman–Crippen LogP) is 0.890. The Labute approximate surface area is 176 Å². The minimum absolute atomic E-state index is 0.0613. The van der Waals surface area contributed by atoms with E-state index < -0.39 is 11.9 Å². The molecule has 1 saturated carbocycles. The van der Waals surface area contributed by atoms with E-state index in [1.54, 1.807) is 4.90 Å². The molecule has 1 aliphatic heterocycles. The van der Waals surface area contributed by atoms with Gasteiger partial charge in [0, 0.05) is 24.8 Å². The highest BCUT2D eigenvalue weighted by molar-refractivity contribution is 6.44. The van der Waals surface area contributed by atoms with Crippen molar-refractivity contribution in [3.8, 4) is 0 Å². The molecule has 1 aromatic rings. The van der Waals surface area contributed by atoms with Gasteiger partial charge in [0.1, 0.15) is 11.8 Å². The number of pyridine rings is 1. The van der Waals surface area contributed by atoms with Gasteiger partial charge in [0.15, 0.2) is 0 Å². The molecule has 1 saturated heterocycles. The van der Waals surface area contributed by atoms with Crippen molar-refractivity contribution in [2.24, 2.45) is 17.6 Å². The maximum atomic E-state index is 12.8. The van der Waals surface area contributed by atoms with Crippen molar-refractivity contribution in [2.45, 2.75) is 45.1 Å². The second-order valence-electron chi connectivity index (χ2n) is 8.17. The number of carbonyl (C=O) groups is 3. The van der Waals surface area contributed by atoms with Gasteiger partial charge in [-0.3, -0.25) is 24.8 Å². The highest BCUT2D eigenvalue weighted by Gasteiger charge is 2.34. The van der Waals surface area contributed by atoms with Gasteiger partial charge in [-0.05, 0) is 37.2 Å². The number of nitrogens with two attached hydrogens (primary N) is 1. The van der Waals surface area contributed by atoms with E-state index in [0.717, 1.165) is 12.8 Å². The Morgan fingerprint density at radius 3 is 2.77 bits per heavy atom. The fourth-order valence-corrected chi connectivity index (χ4v) is 4.37. The van der Waals surface area contributed by atoms with Crippen LogP contribution in [0.25, 0.3) is 0 Å². The first-order valence-electron chi connectivity index (χ1n) is 10.5. The molecule has 3 atom stereocenters. The zero-order valence-corrected chi connectivity index (χ0v) is 17.3. The summed E-state index contributed by atoms with van der Waals surface area (Å²) in [6.45, 7) is 3.38. The van der Waals surface area contributed by atoms with Crippen LogP contribution < -0.4 is 16.4 Å². The fourth-order valence-electron chi connectivity index (χ4n) is 4.37. The van der Waals surface area contributed by atoms with Gasteiger partial charge in [-0.1, -0.05) is 19.8 Å². The standard InChI is InChI=1S/C21H30N6O3/c1-13-4-2-5-14(13)10-26-21(30)17-6-3-9-27(17)18(28)12-25-16-11-24-8-7-15(16)19(22)20(23)29/h7-8,11,13-14,17,22,25H,2-6,9-10,12H2,1H3,(H2,23,29)(H,26,30). The summed E-state index contributed by atoms with van der Waals surface area (Å²) in [5.41, 5.74) is 5.50. The summed E-state index contributed by atoms with van der Waals surface area (Å²) in [6, 6.07) is 1.05. The minimum atomic E-state index is -0.858. The van der Waals surface area contributed by atoms with E-state index in [4.69, 9.17) is 11.1 Å². The van der Waals surface area contributed by atoms with Gasteiger partial charge in [0.2, 0.25) is 11.8 Å². The summed E-state index contributed by atoms with van der Waals surface area (Å²) < 4.78 is 0. The van der Waals surface area contributed by atoms with Crippen molar-refractivity contribution >= 4 is 29.1 Å². The van der Waals surface area contributed by atoms with Gasteiger partial charge in [0.25, 0.3) is 5.91 Å². The number of amides is 3. The molecular formula is C21H30N6O3. The van der Waals surface area contributed by atoms with E-state index >= 15 is 0 Å². The molecule has 1 aromatic heterocycles. The Bertz CT molecular complexity index is 827. The van der Waals surface area contributed by atoms with Gasteiger partial charge in [-0.25, -0.2) is 0 Å². The third-order valence-corrected chi connectivity index (χ3v) is 6.22. The molecule has 162 valence electrons. The Kier molecular flexibility index (Phi) is 7.02. The number of aromatic nitrogens is 1. The highest BCUT2D eigenvalue weighted by atomic mass is 16.2. The average Bonchev–Trinajstić information content (AvgIpc) is 3.39. The molecule has 3 rings (SSSR count). The van der Waals surface area contributed by atoms with Crippen LogP contribution >= 0.6 is 0 Å². The van der Waals surface area contributed by atoms with Crippen LogP contribution in [-0.4, -0.2) is 59.0 Å². The van der Waals surface area contributed by atoms with E-state index in [2.05, 4.69) is 22.5 Å². The topological polar surface area (TPSA) is 141 Å². The lowest BCUT2D eigenvalue weighted by Gasteiger charge is -2.25. The number of hydrogen-bond donors (Lipinski definition) is 4. The molecule has 0 radical (unpaired) electrons. The molecule has 2 fully saturated rings. The third kappa shape index (κ3) is 4.95. The van der Waals surface area contributed by atoms with Gasteiger partial charge in [-0.15, -0.1) is 0 Å². The largest absolute Gasteiger partial charge is 0.374 e. The average molecular weight is 415 g/mol. The second-order valence-corrected chi connectivity index (χ2v) is 8.17. The number of hydrogen-bond acceptors (Lipinski definition) is 6. The van der Waals surface area contributed by atoms with Crippen LogP contribution in [0.2, 0.25) is 0 Å². The van der Waals surface area contributed by atoms with Crippen molar-refractivity contribution in [3.63, 3.8) is 0 Å². The number of anilines is 1. The zero-order valence-electron chi connectivity index (χ0n) is 17.3. The molecule has 9 heteroatoms. The number of nitrogens with one attached hydrogen (secondary N) is 3. The Morgan fingerprint density at radius 1 is 1.27 bits per heavy atom. The van der Waals surface area contributed by atoms with Gasteiger partial charge in [-0.2, -0.15) is 0 Å². The summed E-state index contributed by atoms with van der Waals surface area (Å²) >= 11 is 0. The first-order valence-corrected chi connectivity index (χ1v) is 10.5. The summed E-state index contributed by atoms with van der Waals surface area (Å²) in [6.07, 6.45) is 7.90. The molecule has 3 amide bonds. The van der Waals surface area contributed by atoms with Gasteiger partial charge < -0.3 is 21.3 Å². The Balaban J connectivity index is 1.56.